The van der Waals surface area contributed by atoms with Crippen LogP contribution in [0.15, 0.2) is 18.2 Å². The molecule has 0 unspecified atom stereocenters. The number of anilines is 1. The first-order valence-corrected chi connectivity index (χ1v) is 7.88. The van der Waals surface area contributed by atoms with Crippen molar-refractivity contribution in [2.45, 2.75) is 32.6 Å². The largest absolute Gasteiger partial charge is 0.343 e. The number of likely N-dealkylation sites (tertiary alicyclic amines) is 1. The molecule has 0 atom stereocenters. The Balaban J connectivity index is 2.01. The van der Waals surface area contributed by atoms with Gasteiger partial charge in [0.25, 0.3) is 0 Å². The third kappa shape index (κ3) is 4.19. The van der Waals surface area contributed by atoms with Gasteiger partial charge in [-0.25, -0.2) is 4.39 Å². The molecule has 4 nitrogen and oxygen atoms in total. The van der Waals surface area contributed by atoms with E-state index in [9.17, 15) is 14.0 Å². The maximum atomic E-state index is 13.2. The number of carbonyl (C=O) groups excluding carboxylic acids is 2. The normalized spacial score (nSPS) is 14.8. The van der Waals surface area contributed by atoms with E-state index >= 15 is 0 Å². The number of hydrogen-bond acceptors (Lipinski definition) is 2. The third-order valence-corrected chi connectivity index (χ3v) is 4.14. The van der Waals surface area contributed by atoms with Crippen LogP contribution in [0.5, 0.6) is 0 Å². The van der Waals surface area contributed by atoms with Gasteiger partial charge in [-0.05, 0) is 37.5 Å². The van der Waals surface area contributed by atoms with Crippen molar-refractivity contribution in [3.63, 3.8) is 0 Å². The molecule has 2 amide bonds. The quantitative estimate of drug-likeness (QED) is 0.852. The standard InChI is InChI=1S/C16H20ClFN2O2/c1-12(21)20(13-5-6-15(18)14(17)11-13)10-7-16(22)19-8-3-2-4-9-19/h5-6,11H,2-4,7-10H2,1H3. The zero-order valence-electron chi connectivity index (χ0n) is 12.6. The van der Waals surface area contributed by atoms with Gasteiger partial charge in [-0.3, -0.25) is 9.59 Å². The topological polar surface area (TPSA) is 40.6 Å². The van der Waals surface area contributed by atoms with E-state index < -0.39 is 5.82 Å². The smallest absolute Gasteiger partial charge is 0.224 e. The van der Waals surface area contributed by atoms with Crippen molar-refractivity contribution in [3.05, 3.63) is 29.0 Å². The molecule has 0 aliphatic carbocycles. The first kappa shape index (κ1) is 16.7. The van der Waals surface area contributed by atoms with E-state index in [2.05, 4.69) is 0 Å². The number of benzene rings is 1. The average molecular weight is 327 g/mol. The predicted octanol–water partition coefficient (Wildman–Crippen LogP) is 3.23. The summed E-state index contributed by atoms with van der Waals surface area (Å²) in [5, 5.41) is -0.0360. The highest BCUT2D eigenvalue weighted by molar-refractivity contribution is 6.31. The van der Waals surface area contributed by atoms with Crippen LogP contribution in [0.1, 0.15) is 32.6 Å². The molecule has 0 N–H and O–H groups in total. The molecule has 0 radical (unpaired) electrons. The molecule has 0 saturated carbocycles. The molecule has 1 saturated heterocycles. The summed E-state index contributed by atoms with van der Waals surface area (Å²) >= 11 is 5.76. The van der Waals surface area contributed by atoms with Crippen molar-refractivity contribution < 1.29 is 14.0 Å². The monoisotopic (exact) mass is 326 g/mol. The Labute approximate surface area is 134 Å². The Bertz CT molecular complexity index is 559. The van der Waals surface area contributed by atoms with Gasteiger partial charge < -0.3 is 9.80 Å². The highest BCUT2D eigenvalue weighted by Crippen LogP contribution is 2.23. The molecule has 1 aliphatic heterocycles. The number of carbonyl (C=O) groups is 2. The molecule has 1 heterocycles. The van der Waals surface area contributed by atoms with E-state index in [-0.39, 0.29) is 29.8 Å². The molecule has 1 aliphatic rings. The van der Waals surface area contributed by atoms with E-state index in [1.807, 2.05) is 4.90 Å². The van der Waals surface area contributed by atoms with Gasteiger partial charge >= 0.3 is 0 Å². The number of rotatable bonds is 4. The maximum Gasteiger partial charge on any atom is 0.224 e. The van der Waals surface area contributed by atoms with Crippen LogP contribution in [0, 0.1) is 5.82 Å². The second-order valence-electron chi connectivity index (χ2n) is 5.46. The number of hydrogen-bond donors (Lipinski definition) is 0. The number of nitrogens with zero attached hydrogens (tertiary/aromatic N) is 2. The van der Waals surface area contributed by atoms with E-state index in [0.29, 0.717) is 5.69 Å². The van der Waals surface area contributed by atoms with Crippen LogP contribution >= 0.6 is 11.6 Å². The van der Waals surface area contributed by atoms with Crippen LogP contribution in [0.4, 0.5) is 10.1 Å². The molecule has 0 aromatic heterocycles. The van der Waals surface area contributed by atoms with Crippen molar-refractivity contribution >= 4 is 29.1 Å². The van der Waals surface area contributed by atoms with E-state index in [1.165, 1.54) is 30.0 Å². The van der Waals surface area contributed by atoms with Gasteiger partial charge in [0, 0.05) is 38.7 Å². The van der Waals surface area contributed by atoms with Crippen molar-refractivity contribution in [3.8, 4) is 0 Å². The Hall–Kier alpha value is -1.62. The van der Waals surface area contributed by atoms with Crippen molar-refractivity contribution in [2.24, 2.45) is 0 Å². The van der Waals surface area contributed by atoms with Crippen LogP contribution in [-0.2, 0) is 9.59 Å². The molecule has 22 heavy (non-hydrogen) atoms. The summed E-state index contributed by atoms with van der Waals surface area (Å²) in [6.45, 7) is 3.28. The zero-order chi connectivity index (χ0) is 16.1. The van der Waals surface area contributed by atoms with Crippen LogP contribution in [-0.4, -0.2) is 36.3 Å². The number of piperidine rings is 1. The molecule has 120 valence electrons. The van der Waals surface area contributed by atoms with E-state index in [1.54, 1.807) is 0 Å². The Morgan fingerprint density at radius 3 is 2.55 bits per heavy atom. The lowest BCUT2D eigenvalue weighted by Gasteiger charge is -2.28. The lowest BCUT2D eigenvalue weighted by molar-refractivity contribution is -0.131. The second-order valence-corrected chi connectivity index (χ2v) is 5.87. The van der Waals surface area contributed by atoms with E-state index in [0.717, 1.165) is 32.4 Å². The molecule has 0 bridgehead atoms. The lowest BCUT2D eigenvalue weighted by Crippen LogP contribution is -2.38. The minimum Gasteiger partial charge on any atom is -0.343 e. The van der Waals surface area contributed by atoms with Crippen molar-refractivity contribution in [1.82, 2.24) is 4.90 Å². The molecular weight excluding hydrogens is 307 g/mol. The summed E-state index contributed by atoms with van der Waals surface area (Å²) in [7, 11) is 0. The molecule has 1 fully saturated rings. The first-order chi connectivity index (χ1) is 10.5. The van der Waals surface area contributed by atoms with Crippen LogP contribution in [0.25, 0.3) is 0 Å². The molecular formula is C16H20ClFN2O2. The SMILES string of the molecule is CC(=O)N(CCC(=O)N1CCCCC1)c1ccc(F)c(Cl)c1. The minimum atomic E-state index is -0.529. The van der Waals surface area contributed by atoms with Gasteiger partial charge in [-0.15, -0.1) is 0 Å². The third-order valence-electron chi connectivity index (χ3n) is 3.85. The van der Waals surface area contributed by atoms with Crippen LogP contribution in [0.2, 0.25) is 5.02 Å². The minimum absolute atomic E-state index is 0.0360. The number of amides is 2. The van der Waals surface area contributed by atoms with Crippen LogP contribution < -0.4 is 4.90 Å². The fraction of sp³-hybridized carbons (Fsp3) is 0.500. The van der Waals surface area contributed by atoms with Gasteiger partial charge in [0.05, 0.1) is 5.02 Å². The number of halogens is 2. The Morgan fingerprint density at radius 2 is 1.95 bits per heavy atom. The highest BCUT2D eigenvalue weighted by Gasteiger charge is 2.19. The van der Waals surface area contributed by atoms with Gasteiger partial charge in [0.2, 0.25) is 11.8 Å². The summed E-state index contributed by atoms with van der Waals surface area (Å²) < 4.78 is 13.2. The lowest BCUT2D eigenvalue weighted by atomic mass is 10.1. The molecule has 6 heteroatoms. The maximum absolute atomic E-state index is 13.2. The molecule has 1 aromatic carbocycles. The van der Waals surface area contributed by atoms with Crippen molar-refractivity contribution in [2.75, 3.05) is 24.5 Å². The summed E-state index contributed by atoms with van der Waals surface area (Å²) in [6, 6.07) is 4.12. The van der Waals surface area contributed by atoms with Gasteiger partial charge in [-0.2, -0.15) is 0 Å². The Morgan fingerprint density at radius 1 is 1.27 bits per heavy atom. The fourth-order valence-electron chi connectivity index (χ4n) is 2.63. The zero-order valence-corrected chi connectivity index (χ0v) is 13.4. The fourth-order valence-corrected chi connectivity index (χ4v) is 2.80. The van der Waals surface area contributed by atoms with Gasteiger partial charge in [0.1, 0.15) is 5.82 Å². The summed E-state index contributed by atoms with van der Waals surface area (Å²) in [4.78, 5) is 27.3. The summed E-state index contributed by atoms with van der Waals surface area (Å²) in [6.07, 6.45) is 3.50. The summed E-state index contributed by atoms with van der Waals surface area (Å²) in [5.41, 5.74) is 0.505. The molecule has 2 rings (SSSR count). The summed E-state index contributed by atoms with van der Waals surface area (Å²) in [5.74, 6) is -0.674. The highest BCUT2D eigenvalue weighted by atomic mass is 35.5. The molecule has 0 spiro atoms. The molecule has 1 aromatic rings. The van der Waals surface area contributed by atoms with Crippen LogP contribution in [0.3, 0.4) is 0 Å². The van der Waals surface area contributed by atoms with Crippen molar-refractivity contribution in [1.29, 1.82) is 0 Å². The average Bonchev–Trinajstić information content (AvgIpc) is 2.51. The second kappa shape index (κ2) is 7.58. The van der Waals surface area contributed by atoms with E-state index in [4.69, 9.17) is 11.6 Å². The first-order valence-electron chi connectivity index (χ1n) is 7.50. The Kier molecular flexibility index (Phi) is 5.77. The predicted molar refractivity (Wildman–Crippen MR) is 84.5 cm³/mol. The van der Waals surface area contributed by atoms with Gasteiger partial charge in [0.15, 0.2) is 0 Å². The van der Waals surface area contributed by atoms with Gasteiger partial charge in [-0.1, -0.05) is 11.6 Å².